The third-order valence-corrected chi connectivity index (χ3v) is 4.82. The molecular weight excluding hydrogens is 348 g/mol. The smallest absolute Gasteiger partial charge is 0.337 e. The van der Waals surface area contributed by atoms with Crippen LogP contribution in [-0.2, 0) is 16.1 Å². The maximum Gasteiger partial charge on any atom is 0.337 e. The van der Waals surface area contributed by atoms with Crippen LogP contribution >= 0.6 is 11.8 Å². The second-order valence-electron chi connectivity index (χ2n) is 5.59. The van der Waals surface area contributed by atoms with E-state index in [2.05, 4.69) is 10.3 Å². The number of rotatable bonds is 6. The molecule has 5 nitrogen and oxygen atoms in total. The minimum Gasteiger partial charge on any atom is -0.465 e. The number of esters is 1. The van der Waals surface area contributed by atoms with Gasteiger partial charge in [0.2, 0.25) is 5.91 Å². The van der Waals surface area contributed by atoms with Gasteiger partial charge in [0.25, 0.3) is 0 Å². The highest BCUT2D eigenvalue weighted by atomic mass is 32.2. The number of amides is 1. The Morgan fingerprint density at radius 2 is 1.96 bits per heavy atom. The van der Waals surface area contributed by atoms with E-state index in [4.69, 9.17) is 4.74 Å². The van der Waals surface area contributed by atoms with Crippen molar-refractivity contribution in [3.8, 4) is 0 Å². The fourth-order valence-electron chi connectivity index (χ4n) is 2.52. The second kappa shape index (κ2) is 8.49. The van der Waals surface area contributed by atoms with Crippen LogP contribution in [0.4, 0.5) is 0 Å². The molecule has 132 valence electrons. The molecular formula is C20H18N2O3S. The third kappa shape index (κ3) is 4.40. The summed E-state index contributed by atoms with van der Waals surface area (Å²) in [5, 5.41) is 5.84. The zero-order valence-electron chi connectivity index (χ0n) is 14.3. The lowest BCUT2D eigenvalue weighted by molar-refractivity contribution is -0.118. The van der Waals surface area contributed by atoms with Gasteiger partial charge in [-0.15, -0.1) is 0 Å². The van der Waals surface area contributed by atoms with E-state index >= 15 is 0 Å². The van der Waals surface area contributed by atoms with Gasteiger partial charge in [-0.1, -0.05) is 48.2 Å². The Labute approximate surface area is 155 Å². The van der Waals surface area contributed by atoms with Crippen molar-refractivity contribution in [2.75, 3.05) is 12.9 Å². The average Bonchev–Trinajstić information content (AvgIpc) is 2.70. The molecule has 0 atom stereocenters. The normalized spacial score (nSPS) is 10.5. The summed E-state index contributed by atoms with van der Waals surface area (Å²) in [6, 6.07) is 16.9. The van der Waals surface area contributed by atoms with Gasteiger partial charge in [0, 0.05) is 18.1 Å². The highest BCUT2D eigenvalue weighted by Crippen LogP contribution is 2.25. The number of benzene rings is 2. The molecule has 6 heteroatoms. The molecule has 3 aromatic rings. The minimum atomic E-state index is -0.393. The van der Waals surface area contributed by atoms with Gasteiger partial charge in [-0.2, -0.15) is 0 Å². The van der Waals surface area contributed by atoms with Gasteiger partial charge < -0.3 is 10.1 Å². The zero-order chi connectivity index (χ0) is 18.4. The van der Waals surface area contributed by atoms with Crippen molar-refractivity contribution in [3.05, 3.63) is 71.9 Å². The van der Waals surface area contributed by atoms with Crippen molar-refractivity contribution in [3.63, 3.8) is 0 Å². The molecule has 0 spiro atoms. The van der Waals surface area contributed by atoms with Gasteiger partial charge in [-0.05, 0) is 29.1 Å². The maximum absolute atomic E-state index is 12.1. The van der Waals surface area contributed by atoms with Crippen LogP contribution in [0.25, 0.3) is 10.8 Å². The number of nitrogens with one attached hydrogen (secondary N) is 1. The number of aromatic nitrogens is 1. The number of thioether (sulfide) groups is 1. The van der Waals surface area contributed by atoms with Crippen LogP contribution in [0.2, 0.25) is 0 Å². The summed E-state index contributed by atoms with van der Waals surface area (Å²) in [4.78, 5) is 28.1. The fraction of sp³-hybridized carbons (Fsp3) is 0.150. The Morgan fingerprint density at radius 1 is 1.12 bits per heavy atom. The number of nitrogens with zero attached hydrogens (tertiary/aromatic N) is 1. The van der Waals surface area contributed by atoms with Crippen LogP contribution in [0.15, 0.2) is 65.8 Å². The standard InChI is InChI=1S/C20H18N2O3S/c1-25-20(24)16-7-4-5-14(11-16)12-22-18(23)13-26-19-17-8-3-2-6-15(17)9-10-21-19/h2-11H,12-13H2,1H3,(H,22,23). The van der Waals surface area contributed by atoms with Gasteiger partial charge in [0.15, 0.2) is 0 Å². The molecule has 0 bridgehead atoms. The summed E-state index contributed by atoms with van der Waals surface area (Å²) >= 11 is 1.41. The van der Waals surface area contributed by atoms with Crippen LogP contribution in [0.5, 0.6) is 0 Å². The minimum absolute atomic E-state index is 0.0896. The number of carbonyl (C=O) groups excluding carboxylic acids is 2. The van der Waals surface area contributed by atoms with E-state index in [0.29, 0.717) is 12.1 Å². The molecule has 0 unspecified atom stereocenters. The zero-order valence-corrected chi connectivity index (χ0v) is 15.1. The highest BCUT2D eigenvalue weighted by molar-refractivity contribution is 8.00. The first-order chi connectivity index (χ1) is 12.7. The molecule has 2 aromatic carbocycles. The quantitative estimate of drug-likeness (QED) is 0.535. The summed E-state index contributed by atoms with van der Waals surface area (Å²) in [5.74, 6) is -0.207. The Morgan fingerprint density at radius 3 is 2.81 bits per heavy atom. The lowest BCUT2D eigenvalue weighted by Crippen LogP contribution is -2.24. The van der Waals surface area contributed by atoms with Gasteiger partial charge in [0.1, 0.15) is 5.03 Å². The SMILES string of the molecule is COC(=O)c1cccc(CNC(=O)CSc2nccc3ccccc23)c1. The predicted molar refractivity (Wildman–Crippen MR) is 102 cm³/mol. The summed E-state index contributed by atoms with van der Waals surface area (Å²) in [6.07, 6.45) is 1.75. The molecule has 0 saturated carbocycles. The fourth-order valence-corrected chi connectivity index (χ4v) is 3.37. The number of carbonyl (C=O) groups is 2. The summed E-state index contributed by atoms with van der Waals surface area (Å²) in [6.45, 7) is 0.354. The van der Waals surface area contributed by atoms with E-state index in [9.17, 15) is 9.59 Å². The highest BCUT2D eigenvalue weighted by Gasteiger charge is 2.09. The Balaban J connectivity index is 1.57. The topological polar surface area (TPSA) is 68.3 Å². The summed E-state index contributed by atoms with van der Waals surface area (Å²) in [5.41, 5.74) is 1.31. The molecule has 1 N–H and O–H groups in total. The van der Waals surface area contributed by atoms with Gasteiger partial charge in [0.05, 0.1) is 18.4 Å². The first kappa shape index (κ1) is 17.9. The first-order valence-corrected chi connectivity index (χ1v) is 9.06. The van der Waals surface area contributed by atoms with Crippen molar-refractivity contribution in [2.24, 2.45) is 0 Å². The number of ether oxygens (including phenoxy) is 1. The van der Waals surface area contributed by atoms with Gasteiger partial charge >= 0.3 is 5.97 Å². The molecule has 0 saturated heterocycles. The monoisotopic (exact) mass is 366 g/mol. The van der Waals surface area contributed by atoms with E-state index in [0.717, 1.165) is 21.4 Å². The second-order valence-corrected chi connectivity index (χ2v) is 6.56. The number of methoxy groups -OCH3 is 1. The van der Waals surface area contributed by atoms with Crippen LogP contribution in [0.3, 0.4) is 0 Å². The molecule has 0 aliphatic rings. The molecule has 3 rings (SSSR count). The van der Waals surface area contributed by atoms with Crippen LogP contribution < -0.4 is 5.32 Å². The molecule has 0 radical (unpaired) electrons. The van der Waals surface area contributed by atoms with Gasteiger partial charge in [-0.25, -0.2) is 9.78 Å². The van der Waals surface area contributed by atoms with Crippen LogP contribution in [-0.4, -0.2) is 29.7 Å². The first-order valence-electron chi connectivity index (χ1n) is 8.08. The number of hydrogen-bond donors (Lipinski definition) is 1. The molecule has 1 heterocycles. The molecule has 1 amide bonds. The van der Waals surface area contributed by atoms with E-state index < -0.39 is 5.97 Å². The number of fused-ring (bicyclic) bond motifs is 1. The van der Waals surface area contributed by atoms with E-state index in [1.807, 2.05) is 36.4 Å². The molecule has 0 fully saturated rings. The van der Waals surface area contributed by atoms with E-state index in [-0.39, 0.29) is 11.7 Å². The van der Waals surface area contributed by atoms with E-state index in [1.54, 1.807) is 24.4 Å². The lowest BCUT2D eigenvalue weighted by Gasteiger charge is -2.08. The predicted octanol–water partition coefficient (Wildman–Crippen LogP) is 3.43. The van der Waals surface area contributed by atoms with Crippen molar-refractivity contribution in [1.29, 1.82) is 0 Å². The largest absolute Gasteiger partial charge is 0.465 e. The Bertz CT molecular complexity index is 938. The Kier molecular flexibility index (Phi) is 5.86. The molecule has 1 aromatic heterocycles. The van der Waals surface area contributed by atoms with Crippen LogP contribution in [0.1, 0.15) is 15.9 Å². The average molecular weight is 366 g/mol. The van der Waals surface area contributed by atoms with E-state index in [1.165, 1.54) is 18.9 Å². The lowest BCUT2D eigenvalue weighted by atomic mass is 10.1. The maximum atomic E-state index is 12.1. The molecule has 0 aliphatic heterocycles. The van der Waals surface area contributed by atoms with Crippen molar-refractivity contribution in [1.82, 2.24) is 10.3 Å². The van der Waals surface area contributed by atoms with Gasteiger partial charge in [-0.3, -0.25) is 4.79 Å². The number of pyridine rings is 1. The number of hydrogen-bond acceptors (Lipinski definition) is 5. The Hall–Kier alpha value is -2.86. The van der Waals surface area contributed by atoms with Crippen LogP contribution in [0, 0.1) is 0 Å². The molecule has 26 heavy (non-hydrogen) atoms. The van der Waals surface area contributed by atoms with Crippen molar-refractivity contribution >= 4 is 34.4 Å². The summed E-state index contributed by atoms with van der Waals surface area (Å²) < 4.78 is 4.70. The molecule has 0 aliphatic carbocycles. The van der Waals surface area contributed by atoms with Crippen molar-refractivity contribution < 1.29 is 14.3 Å². The van der Waals surface area contributed by atoms with Crippen molar-refractivity contribution in [2.45, 2.75) is 11.6 Å². The summed E-state index contributed by atoms with van der Waals surface area (Å²) in [7, 11) is 1.34. The third-order valence-electron chi connectivity index (χ3n) is 3.81.